The van der Waals surface area contributed by atoms with Crippen LogP contribution in [0.15, 0.2) is 36.4 Å². The summed E-state index contributed by atoms with van der Waals surface area (Å²) in [6, 6.07) is 4.64. The average molecular weight is 486 g/mol. The Morgan fingerprint density at radius 2 is 1.86 bits per heavy atom. The zero-order chi connectivity index (χ0) is 24.8. The molecule has 1 aromatic rings. The second-order valence-corrected chi connectivity index (χ2v) is 10.2. The molecule has 0 aromatic heterocycles. The topological polar surface area (TPSA) is 97.0 Å². The average Bonchev–Trinajstić information content (AvgIpc) is 3.40. The number of likely N-dealkylation sites (tertiary alicyclic amines) is 1. The Hall–Kier alpha value is -2.78. The van der Waals surface area contributed by atoms with Crippen LogP contribution in [0.1, 0.15) is 39.0 Å². The quantitative estimate of drug-likeness (QED) is 0.578. The number of anilines is 1. The van der Waals surface area contributed by atoms with E-state index in [0.29, 0.717) is 5.69 Å². The first kappa shape index (κ1) is 23.9. The summed E-state index contributed by atoms with van der Waals surface area (Å²) in [6.07, 6.45) is 8.72. The Morgan fingerprint density at radius 1 is 1.14 bits per heavy atom. The predicted octanol–water partition coefficient (Wildman–Crippen LogP) is 2.40. The summed E-state index contributed by atoms with van der Waals surface area (Å²) in [5.41, 5.74) is -1.85. The summed E-state index contributed by atoms with van der Waals surface area (Å²) in [7, 11) is 1.54. The maximum absolute atomic E-state index is 13.8. The summed E-state index contributed by atoms with van der Waals surface area (Å²) >= 11 is 0. The molecule has 2 saturated heterocycles. The number of amides is 3. The largest absolute Gasteiger partial charge is 0.383 e. The van der Waals surface area contributed by atoms with Crippen molar-refractivity contribution in [3.05, 3.63) is 42.2 Å². The molecule has 1 spiro atoms. The molecule has 1 aromatic carbocycles. The van der Waals surface area contributed by atoms with Crippen molar-refractivity contribution in [2.24, 2.45) is 11.8 Å². The standard InChI is InChI=1S/C26H32FN3O5/c1-25-12-13-26(35-25)20(19(25)22(31)28-18-10-8-16(27)9-11-18)24(33)30(14-15-34-2)21(26)23(32)29-17-6-4-3-5-7-17/h8-13,17,19-21H,3-7,14-15H2,1-2H3,(H,28,31)(H,29,32)/t19-,20+,21-,25+,26-/m1/s1. The Morgan fingerprint density at radius 3 is 2.54 bits per heavy atom. The highest BCUT2D eigenvalue weighted by atomic mass is 19.1. The van der Waals surface area contributed by atoms with Gasteiger partial charge in [0, 0.05) is 25.4 Å². The molecule has 5 rings (SSSR count). The maximum Gasteiger partial charge on any atom is 0.246 e. The first-order valence-corrected chi connectivity index (χ1v) is 12.4. The summed E-state index contributed by atoms with van der Waals surface area (Å²) in [4.78, 5) is 42.4. The van der Waals surface area contributed by atoms with Gasteiger partial charge in [-0.05, 0) is 44.0 Å². The number of carbonyl (C=O) groups excluding carboxylic acids is 3. The van der Waals surface area contributed by atoms with Crippen LogP contribution in [0, 0.1) is 17.7 Å². The fourth-order valence-corrected chi connectivity index (χ4v) is 6.34. The SMILES string of the molecule is COCCN1C(=O)[C@@H]2[C@H](C(=O)Nc3ccc(F)cc3)[C@]3(C)C=C[C@]2(O3)[C@H]1C(=O)NC1CCCCC1. The molecule has 5 atom stereocenters. The van der Waals surface area contributed by atoms with E-state index >= 15 is 0 Å². The lowest BCUT2D eigenvalue weighted by Crippen LogP contribution is -2.57. The van der Waals surface area contributed by atoms with Crippen LogP contribution in [0.2, 0.25) is 0 Å². The summed E-state index contributed by atoms with van der Waals surface area (Å²) in [6.45, 7) is 2.25. The zero-order valence-corrected chi connectivity index (χ0v) is 20.1. The minimum absolute atomic E-state index is 0.0711. The van der Waals surface area contributed by atoms with Crippen LogP contribution in [-0.4, -0.2) is 66.2 Å². The number of nitrogens with zero attached hydrogens (tertiary/aromatic N) is 1. The lowest BCUT2D eigenvalue weighted by molar-refractivity contribution is -0.144. The van der Waals surface area contributed by atoms with Crippen LogP contribution in [0.25, 0.3) is 0 Å². The van der Waals surface area contributed by atoms with E-state index < -0.39 is 40.8 Å². The van der Waals surface area contributed by atoms with Crippen LogP contribution in [-0.2, 0) is 23.9 Å². The van der Waals surface area contributed by atoms with Gasteiger partial charge in [0.05, 0.1) is 24.0 Å². The monoisotopic (exact) mass is 485 g/mol. The maximum atomic E-state index is 13.8. The van der Waals surface area contributed by atoms with Crippen LogP contribution in [0.4, 0.5) is 10.1 Å². The van der Waals surface area contributed by atoms with Crippen molar-refractivity contribution in [2.75, 3.05) is 25.6 Å². The van der Waals surface area contributed by atoms with Crippen molar-refractivity contribution in [1.82, 2.24) is 10.2 Å². The fraction of sp³-hybridized carbons (Fsp3) is 0.577. The van der Waals surface area contributed by atoms with Gasteiger partial charge >= 0.3 is 0 Å². The van der Waals surface area contributed by atoms with Gasteiger partial charge in [-0.2, -0.15) is 0 Å². The van der Waals surface area contributed by atoms with Crippen molar-refractivity contribution in [2.45, 2.75) is 62.3 Å². The molecule has 35 heavy (non-hydrogen) atoms. The van der Waals surface area contributed by atoms with Gasteiger partial charge in [0.1, 0.15) is 17.5 Å². The van der Waals surface area contributed by atoms with Gasteiger partial charge in [-0.25, -0.2) is 4.39 Å². The molecular weight excluding hydrogens is 453 g/mol. The van der Waals surface area contributed by atoms with E-state index in [9.17, 15) is 18.8 Å². The number of ether oxygens (including phenoxy) is 2. The Balaban J connectivity index is 1.45. The minimum atomic E-state index is -1.23. The lowest BCUT2D eigenvalue weighted by atomic mass is 9.70. The number of hydrogen-bond acceptors (Lipinski definition) is 5. The van der Waals surface area contributed by atoms with E-state index in [0.717, 1.165) is 32.1 Å². The van der Waals surface area contributed by atoms with Crippen molar-refractivity contribution in [3.63, 3.8) is 0 Å². The van der Waals surface area contributed by atoms with Gasteiger partial charge in [0.2, 0.25) is 17.7 Å². The predicted molar refractivity (Wildman–Crippen MR) is 126 cm³/mol. The van der Waals surface area contributed by atoms with Gasteiger partial charge in [-0.3, -0.25) is 14.4 Å². The first-order valence-electron chi connectivity index (χ1n) is 12.4. The molecule has 188 valence electrons. The smallest absolute Gasteiger partial charge is 0.246 e. The third-order valence-electron chi connectivity index (χ3n) is 7.93. The molecule has 2 bridgehead atoms. The number of nitrogens with one attached hydrogen (secondary N) is 2. The second-order valence-electron chi connectivity index (χ2n) is 10.2. The molecule has 3 aliphatic heterocycles. The first-order chi connectivity index (χ1) is 16.8. The highest BCUT2D eigenvalue weighted by Gasteiger charge is 2.76. The van der Waals surface area contributed by atoms with E-state index in [1.54, 1.807) is 26.2 Å². The molecule has 1 saturated carbocycles. The molecular formula is C26H32FN3O5. The van der Waals surface area contributed by atoms with E-state index in [4.69, 9.17) is 9.47 Å². The Labute approximate surface area is 204 Å². The molecule has 3 heterocycles. The molecule has 9 heteroatoms. The fourth-order valence-electron chi connectivity index (χ4n) is 6.34. The zero-order valence-electron chi connectivity index (χ0n) is 20.1. The summed E-state index contributed by atoms with van der Waals surface area (Å²) in [5, 5.41) is 5.96. The van der Waals surface area contributed by atoms with E-state index in [1.807, 2.05) is 0 Å². The molecule has 3 fully saturated rings. The normalized spacial score (nSPS) is 33.7. The van der Waals surface area contributed by atoms with Gasteiger partial charge in [0.15, 0.2) is 0 Å². The minimum Gasteiger partial charge on any atom is -0.383 e. The van der Waals surface area contributed by atoms with Crippen molar-refractivity contribution in [3.8, 4) is 0 Å². The van der Waals surface area contributed by atoms with Crippen molar-refractivity contribution >= 4 is 23.4 Å². The molecule has 2 N–H and O–H groups in total. The second kappa shape index (κ2) is 9.02. The number of rotatable bonds is 7. The van der Waals surface area contributed by atoms with Crippen LogP contribution in [0.5, 0.6) is 0 Å². The number of methoxy groups -OCH3 is 1. The van der Waals surface area contributed by atoms with E-state index in [1.165, 1.54) is 29.2 Å². The highest BCUT2D eigenvalue weighted by Crippen LogP contribution is 2.59. The molecule has 0 radical (unpaired) electrons. The molecule has 0 unspecified atom stereocenters. The molecule has 8 nitrogen and oxygen atoms in total. The number of carbonyl (C=O) groups is 3. The van der Waals surface area contributed by atoms with E-state index in [2.05, 4.69) is 10.6 Å². The summed E-state index contributed by atoms with van der Waals surface area (Å²) in [5.74, 6) is -3.05. The van der Waals surface area contributed by atoms with Gasteiger partial charge in [0.25, 0.3) is 0 Å². The van der Waals surface area contributed by atoms with Crippen molar-refractivity contribution in [1.29, 1.82) is 0 Å². The third-order valence-corrected chi connectivity index (χ3v) is 7.93. The van der Waals surface area contributed by atoms with Crippen LogP contribution < -0.4 is 10.6 Å². The van der Waals surface area contributed by atoms with Gasteiger partial charge in [-0.15, -0.1) is 0 Å². The highest BCUT2D eigenvalue weighted by molar-refractivity contribution is 6.03. The molecule has 3 amide bonds. The van der Waals surface area contributed by atoms with Gasteiger partial charge < -0.3 is 25.0 Å². The Kier molecular flexibility index (Phi) is 6.17. The number of benzene rings is 1. The summed E-state index contributed by atoms with van der Waals surface area (Å²) < 4.78 is 25.0. The lowest BCUT2D eigenvalue weighted by Gasteiger charge is -2.34. The van der Waals surface area contributed by atoms with E-state index in [-0.39, 0.29) is 31.0 Å². The number of hydrogen-bond donors (Lipinski definition) is 2. The van der Waals surface area contributed by atoms with Crippen LogP contribution >= 0.6 is 0 Å². The van der Waals surface area contributed by atoms with Crippen LogP contribution in [0.3, 0.4) is 0 Å². The molecule has 4 aliphatic rings. The third kappa shape index (κ3) is 3.94. The molecule has 1 aliphatic carbocycles. The Bertz CT molecular complexity index is 1040. The number of fused-ring (bicyclic) bond motifs is 1. The number of halogens is 1. The van der Waals surface area contributed by atoms with Gasteiger partial charge in [-0.1, -0.05) is 31.4 Å². The van der Waals surface area contributed by atoms with Crippen molar-refractivity contribution < 1.29 is 28.2 Å².